The molecule has 0 aromatic rings. The molecular formula is C8H15ClN2O2S. The predicted molar refractivity (Wildman–Crippen MR) is 58.1 cm³/mol. The molecule has 2 rings (SSSR count). The summed E-state index contributed by atoms with van der Waals surface area (Å²) in [6.45, 7) is 0.939. The van der Waals surface area contributed by atoms with Crippen LogP contribution < -0.4 is 10.6 Å². The Balaban J connectivity index is 0.000000980. The Morgan fingerprint density at radius 3 is 2.57 bits per heavy atom. The molecule has 0 spiro atoms. The van der Waals surface area contributed by atoms with Crippen molar-refractivity contribution in [3.63, 3.8) is 0 Å². The van der Waals surface area contributed by atoms with Crippen molar-refractivity contribution in [1.82, 2.24) is 10.6 Å². The number of halogens is 1. The highest BCUT2D eigenvalue weighted by molar-refractivity contribution is 7.85. The first-order valence-corrected chi connectivity index (χ1v) is 6.13. The van der Waals surface area contributed by atoms with Gasteiger partial charge in [-0.15, -0.1) is 12.4 Å². The number of carbonyl (C=O) groups is 1. The first-order valence-electron chi connectivity index (χ1n) is 4.64. The van der Waals surface area contributed by atoms with Gasteiger partial charge in [0.1, 0.15) is 0 Å². The zero-order chi connectivity index (χ0) is 9.26. The molecule has 4 nitrogen and oxygen atoms in total. The van der Waals surface area contributed by atoms with Crippen LogP contribution in [-0.2, 0) is 15.6 Å². The molecule has 2 unspecified atom stereocenters. The third-order valence-corrected chi connectivity index (χ3v) is 4.03. The summed E-state index contributed by atoms with van der Waals surface area (Å²) >= 11 is 0. The molecule has 14 heavy (non-hydrogen) atoms. The number of amides is 1. The highest BCUT2D eigenvalue weighted by Crippen LogP contribution is 2.09. The zero-order valence-corrected chi connectivity index (χ0v) is 9.46. The average molecular weight is 239 g/mol. The van der Waals surface area contributed by atoms with Crippen molar-refractivity contribution in [1.29, 1.82) is 0 Å². The van der Waals surface area contributed by atoms with Crippen molar-refractivity contribution in [2.24, 2.45) is 0 Å². The van der Waals surface area contributed by atoms with E-state index in [1.54, 1.807) is 0 Å². The second-order valence-electron chi connectivity index (χ2n) is 3.60. The Morgan fingerprint density at radius 2 is 2.14 bits per heavy atom. The van der Waals surface area contributed by atoms with Gasteiger partial charge < -0.3 is 10.6 Å². The van der Waals surface area contributed by atoms with Crippen LogP contribution in [0.3, 0.4) is 0 Å². The molecule has 3 atom stereocenters. The largest absolute Gasteiger partial charge is 0.351 e. The molecule has 0 saturated carbocycles. The van der Waals surface area contributed by atoms with Gasteiger partial charge in [0.25, 0.3) is 0 Å². The van der Waals surface area contributed by atoms with Crippen LogP contribution in [0.2, 0.25) is 0 Å². The summed E-state index contributed by atoms with van der Waals surface area (Å²) in [7, 11) is -0.702. The fourth-order valence-electron chi connectivity index (χ4n) is 1.59. The normalized spacial score (nSPS) is 35.6. The fourth-order valence-corrected chi connectivity index (χ4v) is 3.01. The van der Waals surface area contributed by atoms with E-state index in [-0.39, 0.29) is 30.4 Å². The number of hydrogen-bond acceptors (Lipinski definition) is 3. The molecule has 2 N–H and O–H groups in total. The molecule has 0 aromatic heterocycles. The third-order valence-electron chi connectivity index (χ3n) is 2.57. The lowest BCUT2D eigenvalue weighted by atomic mass is 10.1. The summed E-state index contributed by atoms with van der Waals surface area (Å²) in [5.41, 5.74) is 0. The minimum Gasteiger partial charge on any atom is -0.351 e. The van der Waals surface area contributed by atoms with E-state index in [2.05, 4.69) is 10.6 Å². The third kappa shape index (κ3) is 2.68. The summed E-state index contributed by atoms with van der Waals surface area (Å²) in [5.74, 6) is 1.46. The number of nitrogens with one attached hydrogen (secondary N) is 2. The molecule has 0 aromatic carbocycles. The van der Waals surface area contributed by atoms with E-state index < -0.39 is 10.8 Å². The lowest BCUT2D eigenvalue weighted by molar-refractivity contribution is -0.125. The molecule has 0 bridgehead atoms. The van der Waals surface area contributed by atoms with Crippen LogP contribution in [0.4, 0.5) is 0 Å². The predicted octanol–water partition coefficient (Wildman–Crippen LogP) is -0.593. The van der Waals surface area contributed by atoms with Crippen LogP contribution >= 0.6 is 12.4 Å². The van der Waals surface area contributed by atoms with Crippen molar-refractivity contribution in [2.45, 2.75) is 24.9 Å². The Labute approximate surface area is 92.1 Å². The van der Waals surface area contributed by atoms with Gasteiger partial charge in [-0.05, 0) is 19.4 Å². The summed E-state index contributed by atoms with van der Waals surface area (Å²) in [4.78, 5) is 11.4. The maximum absolute atomic E-state index is 11.4. The van der Waals surface area contributed by atoms with Crippen LogP contribution in [0.5, 0.6) is 0 Å². The van der Waals surface area contributed by atoms with Crippen LogP contribution in [0, 0.1) is 0 Å². The molecule has 2 heterocycles. The van der Waals surface area contributed by atoms with Crippen LogP contribution in [0.1, 0.15) is 12.8 Å². The van der Waals surface area contributed by atoms with E-state index in [1.807, 2.05) is 0 Å². The van der Waals surface area contributed by atoms with Crippen LogP contribution in [0.15, 0.2) is 0 Å². The van der Waals surface area contributed by atoms with Crippen molar-refractivity contribution in [3.05, 3.63) is 0 Å². The first kappa shape index (κ1) is 11.9. The maximum atomic E-state index is 11.4. The number of rotatable bonds is 2. The van der Waals surface area contributed by atoms with Crippen LogP contribution in [-0.4, -0.2) is 40.3 Å². The molecule has 2 aliphatic heterocycles. The van der Waals surface area contributed by atoms with Gasteiger partial charge in [-0.3, -0.25) is 9.00 Å². The van der Waals surface area contributed by atoms with E-state index in [9.17, 15) is 9.00 Å². The number of carbonyl (C=O) groups excluding carboxylic acids is 1. The van der Waals surface area contributed by atoms with Gasteiger partial charge >= 0.3 is 0 Å². The zero-order valence-electron chi connectivity index (χ0n) is 7.82. The second kappa shape index (κ2) is 5.09. The molecule has 6 heteroatoms. The smallest absolute Gasteiger partial charge is 0.237 e. The average Bonchev–Trinajstić information content (AvgIpc) is 2.31. The Kier molecular flexibility index (Phi) is 4.34. The van der Waals surface area contributed by atoms with Gasteiger partial charge in [0.15, 0.2) is 0 Å². The quantitative estimate of drug-likeness (QED) is 0.676. The van der Waals surface area contributed by atoms with Gasteiger partial charge in [-0.2, -0.15) is 0 Å². The Bertz CT molecular complexity index is 245. The molecule has 2 aliphatic rings. The summed E-state index contributed by atoms with van der Waals surface area (Å²) in [5, 5.41) is 5.96. The molecule has 2 fully saturated rings. The molecule has 82 valence electrons. The van der Waals surface area contributed by atoms with Crippen molar-refractivity contribution < 1.29 is 9.00 Å². The van der Waals surface area contributed by atoms with E-state index in [0.29, 0.717) is 5.75 Å². The highest BCUT2D eigenvalue weighted by atomic mass is 35.5. The highest BCUT2D eigenvalue weighted by Gasteiger charge is 2.28. The second-order valence-corrected chi connectivity index (χ2v) is 5.22. The maximum Gasteiger partial charge on any atom is 0.237 e. The fraction of sp³-hybridized carbons (Fsp3) is 0.875. The van der Waals surface area contributed by atoms with Crippen molar-refractivity contribution in [3.8, 4) is 0 Å². The lowest BCUT2D eigenvalue weighted by Crippen LogP contribution is -2.55. The van der Waals surface area contributed by atoms with E-state index in [1.165, 1.54) is 0 Å². The number of hydrogen-bond donors (Lipinski definition) is 2. The van der Waals surface area contributed by atoms with Crippen molar-refractivity contribution >= 4 is 29.1 Å². The first-order chi connectivity index (χ1) is 6.25. The monoisotopic (exact) mass is 238 g/mol. The Morgan fingerprint density at radius 1 is 1.43 bits per heavy atom. The SMILES string of the molecule is Cl.O=C(NC1CCS(=O)C1)[C@H]1CCN1. The van der Waals surface area contributed by atoms with Crippen LogP contribution in [0.25, 0.3) is 0 Å². The lowest BCUT2D eigenvalue weighted by Gasteiger charge is -2.27. The van der Waals surface area contributed by atoms with Gasteiger partial charge in [-0.1, -0.05) is 0 Å². The van der Waals surface area contributed by atoms with E-state index in [4.69, 9.17) is 0 Å². The minimum atomic E-state index is -0.702. The van der Waals surface area contributed by atoms with E-state index in [0.717, 1.165) is 25.1 Å². The molecule has 1 amide bonds. The minimum absolute atomic E-state index is 0. The summed E-state index contributed by atoms with van der Waals surface area (Å²) < 4.78 is 11.0. The van der Waals surface area contributed by atoms with Gasteiger partial charge in [0.2, 0.25) is 5.91 Å². The van der Waals surface area contributed by atoms with E-state index >= 15 is 0 Å². The van der Waals surface area contributed by atoms with Gasteiger partial charge in [0.05, 0.1) is 6.04 Å². The molecule has 0 aliphatic carbocycles. The summed E-state index contributed by atoms with van der Waals surface area (Å²) in [6, 6.07) is 0.157. The molecule has 0 radical (unpaired) electrons. The van der Waals surface area contributed by atoms with Gasteiger partial charge in [-0.25, -0.2) is 0 Å². The summed E-state index contributed by atoms with van der Waals surface area (Å²) in [6.07, 6.45) is 1.80. The molecule has 2 saturated heterocycles. The standard InChI is InChI=1S/C8H14N2O2S.ClH/c11-8(7-1-3-9-7)10-6-2-4-13(12)5-6;/h6-7,9H,1-5H2,(H,10,11);1H/t6?,7-,13?;/m1./s1. The molecular weight excluding hydrogens is 224 g/mol. The Hall–Kier alpha value is -0.130. The van der Waals surface area contributed by atoms with Crippen molar-refractivity contribution in [2.75, 3.05) is 18.1 Å². The topological polar surface area (TPSA) is 58.2 Å². The van der Waals surface area contributed by atoms with Gasteiger partial charge in [0, 0.05) is 28.3 Å².